The van der Waals surface area contributed by atoms with Crippen LogP contribution in [0.1, 0.15) is 25.3 Å². The lowest BCUT2D eigenvalue weighted by atomic mass is 10.0. The van der Waals surface area contributed by atoms with Crippen LogP contribution in [-0.4, -0.2) is 14.5 Å². The zero-order chi connectivity index (χ0) is 14.8. The maximum absolute atomic E-state index is 4.46. The van der Waals surface area contributed by atoms with Crippen molar-refractivity contribution in [2.24, 2.45) is 0 Å². The predicted octanol–water partition coefficient (Wildman–Crippen LogP) is 4.82. The molecule has 21 heavy (non-hydrogen) atoms. The molecule has 4 heteroatoms. The van der Waals surface area contributed by atoms with E-state index in [9.17, 15) is 0 Å². The summed E-state index contributed by atoms with van der Waals surface area (Å²) in [5, 5.41) is 0. The molecule has 0 bridgehead atoms. The van der Waals surface area contributed by atoms with Gasteiger partial charge in [-0.2, -0.15) is 0 Å². The second-order valence-corrected chi connectivity index (χ2v) is 6.08. The van der Waals surface area contributed by atoms with Crippen LogP contribution in [0.3, 0.4) is 0 Å². The summed E-state index contributed by atoms with van der Waals surface area (Å²) in [6, 6.07) is 10.4. The molecule has 3 rings (SSSR count). The first-order valence-corrected chi connectivity index (χ1v) is 7.69. The van der Waals surface area contributed by atoms with Crippen molar-refractivity contribution in [3.63, 3.8) is 0 Å². The Morgan fingerprint density at radius 1 is 1.14 bits per heavy atom. The topological polar surface area (TPSA) is 30.7 Å². The first-order chi connectivity index (χ1) is 10.2. The summed E-state index contributed by atoms with van der Waals surface area (Å²) in [6.07, 6.45) is 7.38. The van der Waals surface area contributed by atoms with Crippen LogP contribution in [0.25, 0.3) is 17.1 Å². The van der Waals surface area contributed by atoms with Gasteiger partial charge in [-0.05, 0) is 35.7 Å². The number of pyridine rings is 1. The van der Waals surface area contributed by atoms with Crippen LogP contribution >= 0.6 is 15.9 Å². The molecule has 0 N–H and O–H groups in total. The summed E-state index contributed by atoms with van der Waals surface area (Å²) in [5.74, 6) is 1.39. The molecule has 0 amide bonds. The minimum Gasteiger partial charge on any atom is -0.300 e. The molecule has 0 atom stereocenters. The lowest BCUT2D eigenvalue weighted by Crippen LogP contribution is -1.98. The van der Waals surface area contributed by atoms with Gasteiger partial charge in [0.05, 0.1) is 0 Å². The minimum atomic E-state index is 0.494. The van der Waals surface area contributed by atoms with Gasteiger partial charge >= 0.3 is 0 Å². The van der Waals surface area contributed by atoms with Crippen LogP contribution in [0, 0.1) is 0 Å². The highest BCUT2D eigenvalue weighted by molar-refractivity contribution is 9.10. The molecule has 2 aromatic heterocycles. The van der Waals surface area contributed by atoms with Gasteiger partial charge < -0.3 is 0 Å². The van der Waals surface area contributed by atoms with Gasteiger partial charge in [0.1, 0.15) is 5.82 Å². The van der Waals surface area contributed by atoms with Crippen molar-refractivity contribution in [3.8, 4) is 17.1 Å². The third-order valence-corrected chi connectivity index (χ3v) is 4.13. The SMILES string of the molecule is CC(C)c1ccc(-n2ccnc2-c2cccnc2)cc1Br. The van der Waals surface area contributed by atoms with Crippen molar-refractivity contribution in [2.45, 2.75) is 19.8 Å². The molecule has 0 saturated heterocycles. The van der Waals surface area contributed by atoms with Gasteiger partial charge in [0.15, 0.2) is 0 Å². The predicted molar refractivity (Wildman–Crippen MR) is 88.6 cm³/mol. The number of nitrogens with zero attached hydrogens (tertiary/aromatic N) is 3. The molecule has 0 unspecified atom stereocenters. The van der Waals surface area contributed by atoms with E-state index in [1.165, 1.54) is 5.56 Å². The Morgan fingerprint density at radius 2 is 2.00 bits per heavy atom. The van der Waals surface area contributed by atoms with E-state index in [4.69, 9.17) is 0 Å². The third-order valence-electron chi connectivity index (χ3n) is 3.44. The fraction of sp³-hybridized carbons (Fsp3) is 0.176. The van der Waals surface area contributed by atoms with Crippen molar-refractivity contribution in [3.05, 3.63) is 65.2 Å². The van der Waals surface area contributed by atoms with Crippen LogP contribution in [0.2, 0.25) is 0 Å². The number of rotatable bonds is 3. The maximum Gasteiger partial charge on any atom is 0.146 e. The van der Waals surface area contributed by atoms with Crippen molar-refractivity contribution < 1.29 is 0 Å². The van der Waals surface area contributed by atoms with Gasteiger partial charge in [0.25, 0.3) is 0 Å². The highest BCUT2D eigenvalue weighted by Crippen LogP contribution is 2.28. The quantitative estimate of drug-likeness (QED) is 0.683. The minimum absolute atomic E-state index is 0.494. The van der Waals surface area contributed by atoms with Crippen molar-refractivity contribution >= 4 is 15.9 Å². The summed E-state index contributed by atoms with van der Waals surface area (Å²) < 4.78 is 3.20. The van der Waals surface area contributed by atoms with Gasteiger partial charge in [0.2, 0.25) is 0 Å². The van der Waals surface area contributed by atoms with Gasteiger partial charge in [-0.25, -0.2) is 4.98 Å². The van der Waals surface area contributed by atoms with E-state index in [1.807, 2.05) is 30.7 Å². The molecule has 0 aliphatic carbocycles. The van der Waals surface area contributed by atoms with Crippen molar-refractivity contribution in [2.75, 3.05) is 0 Å². The molecule has 0 radical (unpaired) electrons. The molecule has 106 valence electrons. The van der Waals surface area contributed by atoms with Gasteiger partial charge in [-0.1, -0.05) is 35.8 Å². The number of imidazole rings is 1. The maximum atomic E-state index is 4.46. The van der Waals surface area contributed by atoms with E-state index in [0.29, 0.717) is 5.92 Å². The second-order valence-electron chi connectivity index (χ2n) is 5.22. The van der Waals surface area contributed by atoms with E-state index in [0.717, 1.165) is 21.5 Å². The molecule has 0 saturated carbocycles. The lowest BCUT2D eigenvalue weighted by molar-refractivity contribution is 0.859. The normalized spacial score (nSPS) is 11.0. The Labute approximate surface area is 132 Å². The average molecular weight is 342 g/mol. The molecular weight excluding hydrogens is 326 g/mol. The Bertz CT molecular complexity index is 748. The van der Waals surface area contributed by atoms with Gasteiger partial charge in [0, 0.05) is 40.5 Å². The monoisotopic (exact) mass is 341 g/mol. The molecule has 0 spiro atoms. The molecular formula is C17H16BrN3. The first kappa shape index (κ1) is 14.0. The molecule has 1 aromatic carbocycles. The number of hydrogen-bond acceptors (Lipinski definition) is 2. The number of halogens is 1. The fourth-order valence-corrected chi connectivity index (χ4v) is 3.18. The highest BCUT2D eigenvalue weighted by Gasteiger charge is 2.10. The zero-order valence-corrected chi connectivity index (χ0v) is 13.6. The number of aromatic nitrogens is 3. The molecule has 0 aliphatic heterocycles. The number of benzene rings is 1. The summed E-state index contributed by atoms with van der Waals surface area (Å²) in [5.41, 5.74) is 3.40. The Hall–Kier alpha value is -1.94. The van der Waals surface area contributed by atoms with E-state index in [-0.39, 0.29) is 0 Å². The summed E-state index contributed by atoms with van der Waals surface area (Å²) in [6.45, 7) is 4.39. The fourth-order valence-electron chi connectivity index (χ4n) is 2.35. The van der Waals surface area contributed by atoms with E-state index >= 15 is 0 Å². The Kier molecular flexibility index (Phi) is 3.88. The number of hydrogen-bond donors (Lipinski definition) is 0. The van der Waals surface area contributed by atoms with Crippen LogP contribution < -0.4 is 0 Å². The van der Waals surface area contributed by atoms with Crippen LogP contribution in [-0.2, 0) is 0 Å². The van der Waals surface area contributed by atoms with Crippen LogP contribution in [0.5, 0.6) is 0 Å². The molecule has 0 aliphatic rings. The van der Waals surface area contributed by atoms with Crippen molar-refractivity contribution in [1.29, 1.82) is 0 Å². The van der Waals surface area contributed by atoms with E-state index in [2.05, 4.69) is 62.5 Å². The third kappa shape index (κ3) is 2.76. The zero-order valence-electron chi connectivity index (χ0n) is 12.0. The Balaban J connectivity index is 2.07. The molecule has 0 fully saturated rings. The molecule has 2 heterocycles. The summed E-state index contributed by atoms with van der Waals surface area (Å²) in [4.78, 5) is 8.63. The average Bonchev–Trinajstić information content (AvgIpc) is 2.97. The summed E-state index contributed by atoms with van der Waals surface area (Å²) in [7, 11) is 0. The van der Waals surface area contributed by atoms with Crippen molar-refractivity contribution in [1.82, 2.24) is 14.5 Å². The smallest absolute Gasteiger partial charge is 0.146 e. The lowest BCUT2D eigenvalue weighted by Gasteiger charge is -2.12. The first-order valence-electron chi connectivity index (χ1n) is 6.90. The highest BCUT2D eigenvalue weighted by atomic mass is 79.9. The second kappa shape index (κ2) is 5.82. The van der Waals surface area contributed by atoms with Crippen LogP contribution in [0.4, 0.5) is 0 Å². The van der Waals surface area contributed by atoms with E-state index in [1.54, 1.807) is 6.20 Å². The summed E-state index contributed by atoms with van der Waals surface area (Å²) >= 11 is 3.67. The van der Waals surface area contributed by atoms with Gasteiger partial charge in [-0.15, -0.1) is 0 Å². The van der Waals surface area contributed by atoms with Crippen LogP contribution in [0.15, 0.2) is 59.6 Å². The van der Waals surface area contributed by atoms with E-state index < -0.39 is 0 Å². The molecule has 3 nitrogen and oxygen atoms in total. The largest absolute Gasteiger partial charge is 0.300 e. The standard InChI is InChI=1S/C17H16BrN3/c1-12(2)15-6-5-14(10-16(15)18)21-9-8-20-17(21)13-4-3-7-19-11-13/h3-12H,1-2H3. The Morgan fingerprint density at radius 3 is 2.67 bits per heavy atom. The molecule has 3 aromatic rings. The van der Waals surface area contributed by atoms with Gasteiger partial charge in [-0.3, -0.25) is 9.55 Å².